The average molecular weight is 340 g/mol. The number of anilines is 1. The first kappa shape index (κ1) is 16.0. The third-order valence-corrected chi connectivity index (χ3v) is 4.77. The standard InChI is InChI=1S/C18H16N2O3S/c1-14-5-2-3-7-18(14)23-16-8-10-17(11-9-16)24(21,22)20-15-6-4-12-19-13-15/h2-13,20H,1H3. The summed E-state index contributed by atoms with van der Waals surface area (Å²) >= 11 is 0. The van der Waals surface area contributed by atoms with Crippen LogP contribution in [-0.4, -0.2) is 13.4 Å². The fourth-order valence-electron chi connectivity index (χ4n) is 2.12. The molecule has 0 bridgehead atoms. The molecular weight excluding hydrogens is 324 g/mol. The molecule has 0 amide bonds. The van der Waals surface area contributed by atoms with Gasteiger partial charge in [-0.25, -0.2) is 8.42 Å². The molecule has 0 aliphatic rings. The zero-order valence-electron chi connectivity index (χ0n) is 13.0. The first-order valence-corrected chi connectivity index (χ1v) is 8.79. The normalized spacial score (nSPS) is 11.0. The zero-order chi connectivity index (χ0) is 17.0. The first-order chi connectivity index (χ1) is 11.5. The van der Waals surface area contributed by atoms with Gasteiger partial charge in [-0.3, -0.25) is 9.71 Å². The second-order valence-electron chi connectivity index (χ2n) is 5.19. The number of nitrogens with zero attached hydrogens (tertiary/aromatic N) is 1. The minimum absolute atomic E-state index is 0.156. The number of ether oxygens (including phenoxy) is 1. The smallest absolute Gasteiger partial charge is 0.261 e. The van der Waals surface area contributed by atoms with Gasteiger partial charge in [0.2, 0.25) is 0 Å². The Morgan fingerprint density at radius 2 is 1.71 bits per heavy atom. The number of aryl methyl sites for hydroxylation is 1. The van der Waals surface area contributed by atoms with Crippen LogP contribution in [0.1, 0.15) is 5.56 Å². The van der Waals surface area contributed by atoms with Crippen molar-refractivity contribution in [1.82, 2.24) is 4.98 Å². The molecule has 0 spiro atoms. The molecule has 0 aliphatic heterocycles. The minimum atomic E-state index is -3.66. The van der Waals surface area contributed by atoms with E-state index < -0.39 is 10.0 Å². The summed E-state index contributed by atoms with van der Waals surface area (Å²) in [4.78, 5) is 4.04. The van der Waals surface area contributed by atoms with Crippen LogP contribution in [0, 0.1) is 6.92 Å². The topological polar surface area (TPSA) is 68.3 Å². The molecule has 5 nitrogen and oxygen atoms in total. The largest absolute Gasteiger partial charge is 0.457 e. The van der Waals surface area contributed by atoms with Crippen molar-refractivity contribution < 1.29 is 13.2 Å². The molecule has 0 aliphatic carbocycles. The molecule has 24 heavy (non-hydrogen) atoms. The molecule has 122 valence electrons. The Morgan fingerprint density at radius 1 is 0.958 bits per heavy atom. The second-order valence-corrected chi connectivity index (χ2v) is 6.87. The Hall–Kier alpha value is -2.86. The van der Waals surface area contributed by atoms with E-state index in [-0.39, 0.29) is 4.90 Å². The van der Waals surface area contributed by atoms with Crippen LogP contribution in [0.5, 0.6) is 11.5 Å². The van der Waals surface area contributed by atoms with E-state index in [0.717, 1.165) is 11.3 Å². The Balaban J connectivity index is 1.78. The van der Waals surface area contributed by atoms with E-state index >= 15 is 0 Å². The molecule has 1 N–H and O–H groups in total. The lowest BCUT2D eigenvalue weighted by Crippen LogP contribution is -2.12. The van der Waals surface area contributed by atoms with E-state index in [1.54, 1.807) is 30.5 Å². The number of benzene rings is 2. The molecule has 2 aromatic carbocycles. The number of para-hydroxylation sites is 1. The predicted molar refractivity (Wildman–Crippen MR) is 92.7 cm³/mol. The maximum Gasteiger partial charge on any atom is 0.261 e. The van der Waals surface area contributed by atoms with Crippen molar-refractivity contribution in [1.29, 1.82) is 0 Å². The van der Waals surface area contributed by atoms with Gasteiger partial charge in [0.15, 0.2) is 0 Å². The lowest BCUT2D eigenvalue weighted by molar-refractivity contribution is 0.478. The third-order valence-electron chi connectivity index (χ3n) is 3.37. The molecular formula is C18H16N2O3S. The molecule has 0 saturated heterocycles. The second kappa shape index (κ2) is 6.72. The van der Waals surface area contributed by atoms with E-state index in [9.17, 15) is 8.42 Å². The maximum absolute atomic E-state index is 12.3. The SMILES string of the molecule is Cc1ccccc1Oc1ccc(S(=O)(=O)Nc2cccnc2)cc1. The van der Waals surface area contributed by atoms with Gasteiger partial charge in [-0.15, -0.1) is 0 Å². The van der Waals surface area contributed by atoms with E-state index in [1.165, 1.54) is 18.3 Å². The number of hydrogen-bond donors (Lipinski definition) is 1. The van der Waals surface area contributed by atoms with Crippen molar-refractivity contribution in [3.05, 3.63) is 78.6 Å². The van der Waals surface area contributed by atoms with Crippen LogP contribution >= 0.6 is 0 Å². The lowest BCUT2D eigenvalue weighted by atomic mass is 10.2. The van der Waals surface area contributed by atoms with Crippen LogP contribution in [0.4, 0.5) is 5.69 Å². The molecule has 1 heterocycles. The molecule has 3 rings (SSSR count). The Bertz CT molecular complexity index is 924. The molecule has 0 fully saturated rings. The molecule has 0 saturated carbocycles. The van der Waals surface area contributed by atoms with Gasteiger partial charge in [0.1, 0.15) is 11.5 Å². The summed E-state index contributed by atoms with van der Waals surface area (Å²) < 4.78 is 32.9. The fraction of sp³-hybridized carbons (Fsp3) is 0.0556. The van der Waals surface area contributed by atoms with Gasteiger partial charge in [0, 0.05) is 6.20 Å². The summed E-state index contributed by atoms with van der Waals surface area (Å²) in [6.07, 6.45) is 3.03. The third kappa shape index (κ3) is 3.72. The van der Waals surface area contributed by atoms with E-state index in [1.807, 2.05) is 31.2 Å². The highest BCUT2D eigenvalue weighted by Gasteiger charge is 2.14. The number of aromatic nitrogens is 1. The molecule has 0 radical (unpaired) electrons. The van der Waals surface area contributed by atoms with Gasteiger partial charge >= 0.3 is 0 Å². The molecule has 6 heteroatoms. The summed E-state index contributed by atoms with van der Waals surface area (Å²) in [6, 6.07) is 17.2. The van der Waals surface area contributed by atoms with Crippen molar-refractivity contribution >= 4 is 15.7 Å². The van der Waals surface area contributed by atoms with Crippen molar-refractivity contribution in [2.24, 2.45) is 0 Å². The highest BCUT2D eigenvalue weighted by atomic mass is 32.2. The molecule has 0 unspecified atom stereocenters. The number of rotatable bonds is 5. The summed E-state index contributed by atoms with van der Waals surface area (Å²) in [5.41, 5.74) is 1.42. The van der Waals surface area contributed by atoms with Crippen molar-refractivity contribution in [3.8, 4) is 11.5 Å². The Kier molecular flexibility index (Phi) is 4.48. The van der Waals surface area contributed by atoms with Gasteiger partial charge in [-0.05, 0) is 55.0 Å². The van der Waals surface area contributed by atoms with Crippen molar-refractivity contribution in [3.63, 3.8) is 0 Å². The summed E-state index contributed by atoms with van der Waals surface area (Å²) in [5, 5.41) is 0. The quantitative estimate of drug-likeness (QED) is 0.763. The number of nitrogens with one attached hydrogen (secondary N) is 1. The van der Waals surface area contributed by atoms with Crippen LogP contribution in [0.15, 0.2) is 78.0 Å². The monoisotopic (exact) mass is 340 g/mol. The Labute approximate surface area is 141 Å². The van der Waals surface area contributed by atoms with Gasteiger partial charge in [-0.2, -0.15) is 0 Å². The van der Waals surface area contributed by atoms with Gasteiger partial charge in [-0.1, -0.05) is 18.2 Å². The van der Waals surface area contributed by atoms with E-state index in [0.29, 0.717) is 11.4 Å². The molecule has 3 aromatic rings. The zero-order valence-corrected chi connectivity index (χ0v) is 13.8. The lowest BCUT2D eigenvalue weighted by Gasteiger charge is -2.10. The molecule has 0 atom stereocenters. The minimum Gasteiger partial charge on any atom is -0.457 e. The Morgan fingerprint density at radius 3 is 2.38 bits per heavy atom. The van der Waals surface area contributed by atoms with Crippen molar-refractivity contribution in [2.75, 3.05) is 4.72 Å². The van der Waals surface area contributed by atoms with Gasteiger partial charge in [0.05, 0.1) is 16.8 Å². The summed E-state index contributed by atoms with van der Waals surface area (Å²) in [7, 11) is -3.66. The van der Waals surface area contributed by atoms with Crippen LogP contribution in [0.3, 0.4) is 0 Å². The fourth-order valence-corrected chi connectivity index (χ4v) is 3.17. The van der Waals surface area contributed by atoms with Crippen LogP contribution in [0.2, 0.25) is 0 Å². The summed E-state index contributed by atoms with van der Waals surface area (Å²) in [6.45, 7) is 1.95. The highest BCUT2D eigenvalue weighted by Crippen LogP contribution is 2.26. The van der Waals surface area contributed by atoms with Crippen LogP contribution in [-0.2, 0) is 10.0 Å². The van der Waals surface area contributed by atoms with E-state index in [2.05, 4.69) is 9.71 Å². The van der Waals surface area contributed by atoms with Crippen LogP contribution < -0.4 is 9.46 Å². The number of sulfonamides is 1. The summed E-state index contributed by atoms with van der Waals surface area (Å²) in [5.74, 6) is 1.31. The highest BCUT2D eigenvalue weighted by molar-refractivity contribution is 7.92. The van der Waals surface area contributed by atoms with Crippen molar-refractivity contribution in [2.45, 2.75) is 11.8 Å². The number of pyridine rings is 1. The van der Waals surface area contributed by atoms with Crippen LogP contribution in [0.25, 0.3) is 0 Å². The number of hydrogen-bond acceptors (Lipinski definition) is 4. The van der Waals surface area contributed by atoms with Gasteiger partial charge < -0.3 is 4.74 Å². The maximum atomic E-state index is 12.3. The van der Waals surface area contributed by atoms with Gasteiger partial charge in [0.25, 0.3) is 10.0 Å². The average Bonchev–Trinajstić information content (AvgIpc) is 2.58. The first-order valence-electron chi connectivity index (χ1n) is 7.31. The predicted octanol–water partition coefficient (Wildman–Crippen LogP) is 3.98. The molecule has 1 aromatic heterocycles. The van der Waals surface area contributed by atoms with E-state index in [4.69, 9.17) is 4.74 Å².